The lowest BCUT2D eigenvalue weighted by molar-refractivity contribution is 0.0362. The molecule has 0 aliphatic carbocycles. The maximum absolute atomic E-state index is 12.4. The fraction of sp³-hybridized carbons (Fsp3) is 0.429. The van der Waals surface area contributed by atoms with Crippen LogP contribution in [0.25, 0.3) is 10.9 Å². The smallest absolute Gasteiger partial charge is 0.261 e. The van der Waals surface area contributed by atoms with Gasteiger partial charge < -0.3 is 4.74 Å². The molecule has 1 fully saturated rings. The lowest BCUT2D eigenvalue weighted by Gasteiger charge is -2.26. The Morgan fingerprint density at radius 1 is 1.25 bits per heavy atom. The van der Waals surface area contributed by atoms with Crippen molar-refractivity contribution in [1.82, 2.24) is 14.5 Å². The van der Waals surface area contributed by atoms with Gasteiger partial charge in [0.15, 0.2) is 0 Å². The van der Waals surface area contributed by atoms with Crippen molar-refractivity contribution in [3.05, 3.63) is 39.4 Å². The van der Waals surface area contributed by atoms with Crippen LogP contribution in [0.4, 0.5) is 0 Å². The minimum Gasteiger partial charge on any atom is -0.379 e. The summed E-state index contributed by atoms with van der Waals surface area (Å²) in [7, 11) is 0. The lowest BCUT2D eigenvalue weighted by atomic mass is 10.2. The average Bonchev–Trinajstić information content (AvgIpc) is 2.47. The second-order valence-corrected chi connectivity index (χ2v) is 5.77. The summed E-state index contributed by atoms with van der Waals surface area (Å²) in [4.78, 5) is 19.0. The van der Waals surface area contributed by atoms with Crippen LogP contribution < -0.4 is 5.56 Å². The van der Waals surface area contributed by atoms with Gasteiger partial charge in [-0.25, -0.2) is 4.98 Å². The number of nitrogens with zero attached hydrogens (tertiary/aromatic N) is 3. The summed E-state index contributed by atoms with van der Waals surface area (Å²) in [5.41, 5.74) is 0.753. The van der Waals surface area contributed by atoms with E-state index in [0.717, 1.165) is 42.8 Å². The molecule has 0 N–H and O–H groups in total. The van der Waals surface area contributed by atoms with E-state index < -0.39 is 0 Å². The van der Waals surface area contributed by atoms with E-state index in [1.54, 1.807) is 10.9 Å². The third kappa shape index (κ3) is 2.92. The van der Waals surface area contributed by atoms with Crippen LogP contribution in [-0.2, 0) is 11.3 Å². The van der Waals surface area contributed by atoms with Gasteiger partial charge in [0.05, 0.1) is 30.4 Å². The van der Waals surface area contributed by atoms with E-state index in [0.29, 0.717) is 11.9 Å². The van der Waals surface area contributed by atoms with Crippen LogP contribution in [0.3, 0.4) is 0 Å². The molecule has 6 heteroatoms. The van der Waals surface area contributed by atoms with E-state index in [1.807, 2.05) is 18.2 Å². The van der Waals surface area contributed by atoms with Gasteiger partial charge in [-0.1, -0.05) is 15.9 Å². The summed E-state index contributed by atoms with van der Waals surface area (Å²) in [6.45, 7) is 4.94. The number of halogens is 1. The largest absolute Gasteiger partial charge is 0.379 e. The molecule has 1 aromatic heterocycles. The molecule has 2 aromatic rings. The molecule has 0 spiro atoms. The predicted molar refractivity (Wildman–Crippen MR) is 81.0 cm³/mol. The van der Waals surface area contributed by atoms with Crippen molar-refractivity contribution in [1.29, 1.82) is 0 Å². The molecule has 106 valence electrons. The fourth-order valence-corrected chi connectivity index (χ4v) is 2.71. The highest BCUT2D eigenvalue weighted by Crippen LogP contribution is 2.14. The molecule has 1 saturated heterocycles. The fourth-order valence-electron chi connectivity index (χ4n) is 2.36. The number of ether oxygens (including phenoxy) is 1. The number of fused-ring (bicyclic) bond motifs is 1. The van der Waals surface area contributed by atoms with E-state index in [2.05, 4.69) is 25.8 Å². The number of hydrogen-bond donors (Lipinski definition) is 0. The molecule has 1 aromatic carbocycles. The second-order valence-electron chi connectivity index (χ2n) is 4.86. The van der Waals surface area contributed by atoms with Gasteiger partial charge in [0.2, 0.25) is 0 Å². The maximum atomic E-state index is 12.4. The molecule has 3 rings (SSSR count). The molecule has 5 nitrogen and oxygen atoms in total. The minimum atomic E-state index is 0.0239. The molecule has 1 aliphatic rings. The van der Waals surface area contributed by atoms with Crippen LogP contribution in [0.5, 0.6) is 0 Å². The maximum Gasteiger partial charge on any atom is 0.261 e. The minimum absolute atomic E-state index is 0.0239. The van der Waals surface area contributed by atoms with Crippen LogP contribution >= 0.6 is 15.9 Å². The molecule has 0 bridgehead atoms. The average molecular weight is 338 g/mol. The number of hydrogen-bond acceptors (Lipinski definition) is 4. The van der Waals surface area contributed by atoms with Crippen LogP contribution in [0.15, 0.2) is 33.8 Å². The Kier molecular flexibility index (Phi) is 4.14. The molecule has 0 radical (unpaired) electrons. The first-order chi connectivity index (χ1) is 9.74. The Balaban J connectivity index is 1.79. The second kappa shape index (κ2) is 6.03. The third-order valence-corrected chi connectivity index (χ3v) is 4.04. The normalized spacial score (nSPS) is 16.6. The molecule has 20 heavy (non-hydrogen) atoms. The highest BCUT2D eigenvalue weighted by molar-refractivity contribution is 9.10. The molecule has 2 heterocycles. The van der Waals surface area contributed by atoms with E-state index in [9.17, 15) is 4.79 Å². The first-order valence-electron chi connectivity index (χ1n) is 6.69. The highest BCUT2D eigenvalue weighted by atomic mass is 79.9. The van der Waals surface area contributed by atoms with Crippen LogP contribution in [-0.4, -0.2) is 47.3 Å². The first-order valence-corrected chi connectivity index (χ1v) is 7.48. The van der Waals surface area contributed by atoms with Crippen molar-refractivity contribution in [2.75, 3.05) is 32.8 Å². The highest BCUT2D eigenvalue weighted by Gasteiger charge is 2.11. The van der Waals surface area contributed by atoms with Crippen molar-refractivity contribution in [2.45, 2.75) is 6.54 Å². The van der Waals surface area contributed by atoms with Gasteiger partial charge in [0.1, 0.15) is 0 Å². The predicted octanol–water partition coefficient (Wildman–Crippen LogP) is 1.49. The molecule has 0 saturated carbocycles. The van der Waals surface area contributed by atoms with E-state index in [1.165, 1.54) is 0 Å². The summed E-state index contributed by atoms with van der Waals surface area (Å²) in [5, 5.41) is 0.665. The summed E-state index contributed by atoms with van der Waals surface area (Å²) in [5.74, 6) is 0. The Morgan fingerprint density at radius 2 is 2.05 bits per heavy atom. The molecular formula is C14H16BrN3O2. The van der Waals surface area contributed by atoms with E-state index >= 15 is 0 Å². The molecular weight excluding hydrogens is 322 g/mol. The summed E-state index contributed by atoms with van der Waals surface area (Å²) in [6, 6.07) is 5.56. The van der Waals surface area contributed by atoms with Crippen molar-refractivity contribution in [3.63, 3.8) is 0 Å². The Bertz CT molecular complexity index is 665. The summed E-state index contributed by atoms with van der Waals surface area (Å²) < 4.78 is 7.94. The molecule has 1 aliphatic heterocycles. The van der Waals surface area contributed by atoms with Crippen molar-refractivity contribution in [3.8, 4) is 0 Å². The standard InChI is InChI=1S/C14H16BrN3O2/c15-11-1-2-12-13(9-11)16-10-18(14(12)19)4-3-17-5-7-20-8-6-17/h1-2,9-10H,3-8H2. The number of benzene rings is 1. The molecule has 0 unspecified atom stereocenters. The molecule has 0 amide bonds. The summed E-state index contributed by atoms with van der Waals surface area (Å²) >= 11 is 3.39. The van der Waals surface area contributed by atoms with Gasteiger partial charge >= 0.3 is 0 Å². The first kappa shape index (κ1) is 13.7. The zero-order valence-electron chi connectivity index (χ0n) is 11.1. The van der Waals surface area contributed by atoms with Gasteiger partial charge in [-0.2, -0.15) is 0 Å². The van der Waals surface area contributed by atoms with Crippen LogP contribution in [0.1, 0.15) is 0 Å². The Hall–Kier alpha value is -1.24. The van der Waals surface area contributed by atoms with E-state index in [4.69, 9.17) is 4.74 Å². The SMILES string of the molecule is O=c1c2ccc(Br)cc2ncn1CCN1CCOCC1. The van der Waals surface area contributed by atoms with Gasteiger partial charge in [0.25, 0.3) is 5.56 Å². The molecule has 0 atom stereocenters. The van der Waals surface area contributed by atoms with Crippen molar-refractivity contribution < 1.29 is 4.74 Å². The van der Waals surface area contributed by atoms with Crippen LogP contribution in [0, 0.1) is 0 Å². The van der Waals surface area contributed by atoms with Gasteiger partial charge in [0, 0.05) is 30.7 Å². The van der Waals surface area contributed by atoms with Gasteiger partial charge in [-0.05, 0) is 18.2 Å². The Labute approximate surface area is 125 Å². The number of morpholine rings is 1. The van der Waals surface area contributed by atoms with Crippen molar-refractivity contribution in [2.24, 2.45) is 0 Å². The van der Waals surface area contributed by atoms with Gasteiger partial charge in [-0.15, -0.1) is 0 Å². The quantitative estimate of drug-likeness (QED) is 0.851. The zero-order valence-corrected chi connectivity index (χ0v) is 12.7. The monoisotopic (exact) mass is 337 g/mol. The summed E-state index contributed by atoms with van der Waals surface area (Å²) in [6.07, 6.45) is 1.64. The Morgan fingerprint density at radius 3 is 2.85 bits per heavy atom. The van der Waals surface area contributed by atoms with E-state index in [-0.39, 0.29) is 5.56 Å². The lowest BCUT2D eigenvalue weighted by Crippen LogP contribution is -2.39. The van der Waals surface area contributed by atoms with Gasteiger partial charge in [-0.3, -0.25) is 14.3 Å². The zero-order chi connectivity index (χ0) is 13.9. The number of aromatic nitrogens is 2. The topological polar surface area (TPSA) is 47.4 Å². The third-order valence-electron chi connectivity index (χ3n) is 3.55. The van der Waals surface area contributed by atoms with Crippen molar-refractivity contribution >= 4 is 26.8 Å². The number of rotatable bonds is 3. The van der Waals surface area contributed by atoms with Crippen LogP contribution in [0.2, 0.25) is 0 Å².